The maximum absolute atomic E-state index is 11.5. The normalized spacial score (nSPS) is 9.38. The lowest BCUT2D eigenvalue weighted by Crippen LogP contribution is -2.15. The molecular formula is C12H19ClN2O. The van der Waals surface area contributed by atoms with Gasteiger partial charge in [-0.2, -0.15) is 0 Å². The molecule has 4 heteroatoms. The molecule has 0 aliphatic heterocycles. The zero-order chi connectivity index (χ0) is 11.1. The van der Waals surface area contributed by atoms with Gasteiger partial charge in [-0.05, 0) is 44.6 Å². The Labute approximate surface area is 103 Å². The van der Waals surface area contributed by atoms with Gasteiger partial charge in [-0.25, -0.2) is 0 Å². The number of carbonyl (C=O) groups excluding carboxylic acids is 1. The van der Waals surface area contributed by atoms with E-state index in [4.69, 9.17) is 0 Å². The van der Waals surface area contributed by atoms with Gasteiger partial charge in [-0.3, -0.25) is 4.79 Å². The van der Waals surface area contributed by atoms with Crippen LogP contribution in [0.3, 0.4) is 0 Å². The molecule has 1 amide bonds. The van der Waals surface area contributed by atoms with Gasteiger partial charge in [0.1, 0.15) is 0 Å². The number of nitrogens with one attached hydrogen (secondary N) is 2. The van der Waals surface area contributed by atoms with Crippen molar-refractivity contribution in [3.05, 3.63) is 29.8 Å². The van der Waals surface area contributed by atoms with Gasteiger partial charge in [0.05, 0.1) is 0 Å². The highest BCUT2D eigenvalue weighted by Crippen LogP contribution is 2.09. The third-order valence-electron chi connectivity index (χ3n) is 2.13. The monoisotopic (exact) mass is 242 g/mol. The first-order chi connectivity index (χ1) is 7.22. The lowest BCUT2D eigenvalue weighted by molar-refractivity contribution is -0.116. The van der Waals surface area contributed by atoms with E-state index in [1.54, 1.807) is 0 Å². The molecule has 90 valence electrons. The molecular weight excluding hydrogens is 224 g/mol. The van der Waals surface area contributed by atoms with Crippen LogP contribution < -0.4 is 10.6 Å². The molecule has 1 rings (SSSR count). The van der Waals surface area contributed by atoms with Crippen molar-refractivity contribution in [1.29, 1.82) is 0 Å². The van der Waals surface area contributed by atoms with E-state index in [1.807, 2.05) is 38.2 Å². The Morgan fingerprint density at radius 2 is 2.12 bits per heavy atom. The first kappa shape index (κ1) is 14.9. The summed E-state index contributed by atoms with van der Waals surface area (Å²) in [7, 11) is 1.89. The van der Waals surface area contributed by atoms with Gasteiger partial charge in [0.15, 0.2) is 0 Å². The predicted octanol–water partition coefficient (Wildman–Crippen LogP) is 2.35. The minimum absolute atomic E-state index is 0. The van der Waals surface area contributed by atoms with E-state index in [9.17, 15) is 4.79 Å². The number of aryl methyl sites for hydroxylation is 1. The maximum atomic E-state index is 11.5. The Bertz CT molecular complexity index is 329. The summed E-state index contributed by atoms with van der Waals surface area (Å²) in [5.74, 6) is 0.0795. The van der Waals surface area contributed by atoms with Crippen LogP contribution in [0.4, 0.5) is 5.69 Å². The number of hydrogen-bond acceptors (Lipinski definition) is 2. The second-order valence-electron chi connectivity index (χ2n) is 3.62. The van der Waals surface area contributed by atoms with E-state index in [0.29, 0.717) is 6.42 Å². The van der Waals surface area contributed by atoms with E-state index in [2.05, 4.69) is 10.6 Å². The summed E-state index contributed by atoms with van der Waals surface area (Å²) in [6.07, 6.45) is 1.43. The van der Waals surface area contributed by atoms with Crippen molar-refractivity contribution >= 4 is 24.0 Å². The molecule has 0 radical (unpaired) electrons. The van der Waals surface area contributed by atoms with Crippen LogP contribution in [0.1, 0.15) is 18.4 Å². The van der Waals surface area contributed by atoms with Gasteiger partial charge in [-0.1, -0.05) is 12.1 Å². The van der Waals surface area contributed by atoms with Gasteiger partial charge in [0.2, 0.25) is 5.91 Å². The highest BCUT2D eigenvalue weighted by atomic mass is 35.5. The van der Waals surface area contributed by atoms with E-state index in [1.165, 1.54) is 0 Å². The number of halogens is 1. The van der Waals surface area contributed by atoms with Crippen LogP contribution >= 0.6 is 12.4 Å². The topological polar surface area (TPSA) is 41.1 Å². The van der Waals surface area contributed by atoms with Crippen molar-refractivity contribution in [2.75, 3.05) is 18.9 Å². The van der Waals surface area contributed by atoms with Crippen molar-refractivity contribution in [3.63, 3.8) is 0 Å². The van der Waals surface area contributed by atoms with Crippen LogP contribution in [0.5, 0.6) is 0 Å². The molecule has 2 N–H and O–H groups in total. The average Bonchev–Trinajstić information content (AvgIpc) is 2.18. The fourth-order valence-corrected chi connectivity index (χ4v) is 1.37. The molecule has 3 nitrogen and oxygen atoms in total. The van der Waals surface area contributed by atoms with Crippen LogP contribution in [0.25, 0.3) is 0 Å². The molecule has 0 fully saturated rings. The SMILES string of the molecule is CNCCCC(=O)Nc1cccc(C)c1.Cl. The van der Waals surface area contributed by atoms with Gasteiger partial charge in [-0.15, -0.1) is 12.4 Å². The number of amides is 1. The van der Waals surface area contributed by atoms with Gasteiger partial charge < -0.3 is 10.6 Å². The molecule has 0 aromatic heterocycles. The summed E-state index contributed by atoms with van der Waals surface area (Å²) in [6, 6.07) is 7.83. The molecule has 0 aliphatic rings. The van der Waals surface area contributed by atoms with Crippen LogP contribution in [-0.4, -0.2) is 19.5 Å². The average molecular weight is 243 g/mol. The highest BCUT2D eigenvalue weighted by molar-refractivity contribution is 5.90. The Morgan fingerprint density at radius 1 is 1.38 bits per heavy atom. The van der Waals surface area contributed by atoms with Gasteiger partial charge >= 0.3 is 0 Å². The van der Waals surface area contributed by atoms with E-state index in [-0.39, 0.29) is 18.3 Å². The van der Waals surface area contributed by atoms with Crippen LogP contribution in [0.2, 0.25) is 0 Å². The Kier molecular flexibility index (Phi) is 7.60. The summed E-state index contributed by atoms with van der Waals surface area (Å²) >= 11 is 0. The van der Waals surface area contributed by atoms with Gasteiger partial charge in [0, 0.05) is 12.1 Å². The van der Waals surface area contributed by atoms with E-state index in [0.717, 1.165) is 24.2 Å². The summed E-state index contributed by atoms with van der Waals surface area (Å²) in [6.45, 7) is 2.89. The number of hydrogen-bond donors (Lipinski definition) is 2. The molecule has 0 spiro atoms. The molecule has 0 aliphatic carbocycles. The predicted molar refractivity (Wildman–Crippen MR) is 70.2 cm³/mol. The smallest absolute Gasteiger partial charge is 0.224 e. The zero-order valence-corrected chi connectivity index (χ0v) is 10.6. The summed E-state index contributed by atoms with van der Waals surface area (Å²) < 4.78 is 0. The Hall–Kier alpha value is -1.06. The standard InChI is InChI=1S/C12H18N2O.ClH/c1-10-5-3-6-11(9-10)14-12(15)7-4-8-13-2;/h3,5-6,9,13H,4,7-8H2,1-2H3,(H,14,15);1H. The fourth-order valence-electron chi connectivity index (χ4n) is 1.37. The Morgan fingerprint density at radius 3 is 2.75 bits per heavy atom. The number of anilines is 1. The highest BCUT2D eigenvalue weighted by Gasteiger charge is 2.01. The van der Waals surface area contributed by atoms with Crippen molar-refractivity contribution in [2.45, 2.75) is 19.8 Å². The summed E-state index contributed by atoms with van der Waals surface area (Å²) in [4.78, 5) is 11.5. The first-order valence-electron chi connectivity index (χ1n) is 5.23. The third kappa shape index (κ3) is 5.73. The number of benzene rings is 1. The van der Waals surface area contributed by atoms with Crippen molar-refractivity contribution in [1.82, 2.24) is 5.32 Å². The molecule has 1 aromatic carbocycles. The van der Waals surface area contributed by atoms with Crippen LogP contribution in [0.15, 0.2) is 24.3 Å². The number of carbonyl (C=O) groups is 1. The van der Waals surface area contributed by atoms with Crippen molar-refractivity contribution in [3.8, 4) is 0 Å². The third-order valence-corrected chi connectivity index (χ3v) is 2.13. The maximum Gasteiger partial charge on any atom is 0.224 e. The molecule has 1 aromatic rings. The fraction of sp³-hybridized carbons (Fsp3) is 0.417. The van der Waals surface area contributed by atoms with E-state index < -0.39 is 0 Å². The number of rotatable bonds is 5. The molecule has 0 bridgehead atoms. The zero-order valence-electron chi connectivity index (χ0n) is 9.75. The van der Waals surface area contributed by atoms with Crippen LogP contribution in [0, 0.1) is 6.92 Å². The largest absolute Gasteiger partial charge is 0.326 e. The summed E-state index contributed by atoms with van der Waals surface area (Å²) in [5.41, 5.74) is 2.03. The molecule has 0 saturated heterocycles. The molecule has 0 atom stereocenters. The van der Waals surface area contributed by atoms with E-state index >= 15 is 0 Å². The second-order valence-corrected chi connectivity index (χ2v) is 3.62. The first-order valence-corrected chi connectivity index (χ1v) is 5.23. The molecule has 0 saturated carbocycles. The minimum Gasteiger partial charge on any atom is -0.326 e. The molecule has 0 heterocycles. The lowest BCUT2D eigenvalue weighted by Gasteiger charge is -2.05. The molecule has 16 heavy (non-hydrogen) atoms. The van der Waals surface area contributed by atoms with Crippen LogP contribution in [-0.2, 0) is 4.79 Å². The van der Waals surface area contributed by atoms with Crippen molar-refractivity contribution in [2.24, 2.45) is 0 Å². The quantitative estimate of drug-likeness (QED) is 0.779. The second kappa shape index (κ2) is 8.13. The lowest BCUT2D eigenvalue weighted by atomic mass is 10.2. The van der Waals surface area contributed by atoms with Gasteiger partial charge in [0.25, 0.3) is 0 Å². The molecule has 0 unspecified atom stereocenters. The minimum atomic E-state index is 0. The Balaban J connectivity index is 0.00000225. The summed E-state index contributed by atoms with van der Waals surface area (Å²) in [5, 5.41) is 5.89. The van der Waals surface area contributed by atoms with Crippen molar-refractivity contribution < 1.29 is 4.79 Å².